The van der Waals surface area contributed by atoms with Crippen molar-refractivity contribution in [2.75, 3.05) is 5.32 Å². The largest absolute Gasteiger partial charge is 0.486 e. The molecule has 8 heteroatoms. The highest BCUT2D eigenvalue weighted by molar-refractivity contribution is 9.10. The Kier molecular flexibility index (Phi) is 6.18. The molecule has 4 rings (SSSR count). The first kappa shape index (κ1) is 20.9. The number of carbonyl (C=O) groups excluding carboxylic acids is 1. The fourth-order valence-electron chi connectivity index (χ4n) is 2.88. The highest BCUT2D eigenvalue weighted by atomic mass is 79.9. The summed E-state index contributed by atoms with van der Waals surface area (Å²) in [6, 6.07) is 17.1. The minimum atomic E-state index is -0.422. The van der Waals surface area contributed by atoms with Crippen molar-refractivity contribution < 1.29 is 18.3 Å². The van der Waals surface area contributed by atoms with Gasteiger partial charge in [-0.2, -0.15) is 5.10 Å². The molecule has 1 amide bonds. The van der Waals surface area contributed by atoms with E-state index in [9.17, 15) is 9.18 Å². The molecule has 158 valence electrons. The Labute approximate surface area is 186 Å². The lowest BCUT2D eigenvalue weighted by atomic mass is 10.1. The van der Waals surface area contributed by atoms with Crippen LogP contribution in [0.4, 0.5) is 10.2 Å². The van der Waals surface area contributed by atoms with Crippen molar-refractivity contribution in [1.82, 2.24) is 9.78 Å². The van der Waals surface area contributed by atoms with E-state index in [0.29, 0.717) is 28.3 Å². The third-order valence-electron chi connectivity index (χ3n) is 4.49. The summed E-state index contributed by atoms with van der Waals surface area (Å²) in [5.41, 5.74) is 2.30. The summed E-state index contributed by atoms with van der Waals surface area (Å²) in [7, 11) is 0. The Morgan fingerprint density at radius 2 is 1.87 bits per heavy atom. The zero-order valence-electron chi connectivity index (χ0n) is 16.6. The maximum atomic E-state index is 12.9. The predicted molar refractivity (Wildman–Crippen MR) is 118 cm³/mol. The molecular formula is C23H19BrFN3O3. The van der Waals surface area contributed by atoms with Gasteiger partial charge >= 0.3 is 0 Å². The molecule has 0 fully saturated rings. The average Bonchev–Trinajstić information content (AvgIpc) is 3.36. The van der Waals surface area contributed by atoms with E-state index in [0.717, 1.165) is 5.56 Å². The number of rotatable bonds is 7. The Morgan fingerprint density at radius 3 is 2.61 bits per heavy atom. The van der Waals surface area contributed by atoms with E-state index in [-0.39, 0.29) is 18.2 Å². The molecule has 0 aliphatic heterocycles. The second kappa shape index (κ2) is 9.18. The second-order valence-corrected chi connectivity index (χ2v) is 7.83. The lowest BCUT2D eigenvalue weighted by Crippen LogP contribution is -2.12. The van der Waals surface area contributed by atoms with Crippen LogP contribution in [0.15, 0.2) is 75.8 Å². The van der Waals surface area contributed by atoms with Crippen molar-refractivity contribution in [1.29, 1.82) is 0 Å². The monoisotopic (exact) mass is 483 g/mol. The van der Waals surface area contributed by atoms with Gasteiger partial charge in [0.1, 0.15) is 23.9 Å². The van der Waals surface area contributed by atoms with Crippen molar-refractivity contribution in [2.45, 2.75) is 20.1 Å². The van der Waals surface area contributed by atoms with Gasteiger partial charge in [-0.3, -0.25) is 9.48 Å². The molecule has 0 atom stereocenters. The van der Waals surface area contributed by atoms with Gasteiger partial charge in [0.15, 0.2) is 11.6 Å². The normalized spacial score (nSPS) is 10.8. The maximum Gasteiger partial charge on any atom is 0.292 e. The summed E-state index contributed by atoms with van der Waals surface area (Å²) >= 11 is 3.43. The smallest absolute Gasteiger partial charge is 0.292 e. The number of hydrogen-bond acceptors (Lipinski definition) is 4. The standard InChI is InChI=1S/C23H19BrFN3O3/c1-15-2-4-16(5-3-15)12-28-13-20(24)22(27-28)26-23(29)21-11-10-19(31-21)14-30-18-8-6-17(25)7-9-18/h2-11,13H,12,14H2,1H3,(H,26,27,29). The molecule has 0 bridgehead atoms. The minimum absolute atomic E-state index is 0.119. The van der Waals surface area contributed by atoms with Gasteiger partial charge in [-0.05, 0) is 64.8 Å². The van der Waals surface area contributed by atoms with Crippen molar-refractivity contribution in [3.05, 3.63) is 99.8 Å². The number of aryl methyl sites for hydroxylation is 1. The number of anilines is 1. The molecule has 1 N–H and O–H groups in total. The van der Waals surface area contributed by atoms with Gasteiger partial charge in [0.2, 0.25) is 0 Å². The van der Waals surface area contributed by atoms with Gasteiger partial charge in [0, 0.05) is 6.20 Å². The summed E-state index contributed by atoms with van der Waals surface area (Å²) in [5.74, 6) is 0.756. The third kappa shape index (κ3) is 5.40. The van der Waals surface area contributed by atoms with Gasteiger partial charge in [-0.25, -0.2) is 4.39 Å². The molecule has 0 saturated carbocycles. The number of furan rings is 1. The third-order valence-corrected chi connectivity index (χ3v) is 5.07. The highest BCUT2D eigenvalue weighted by Crippen LogP contribution is 2.22. The van der Waals surface area contributed by atoms with E-state index in [1.54, 1.807) is 23.0 Å². The molecule has 0 spiro atoms. The van der Waals surface area contributed by atoms with Gasteiger partial charge < -0.3 is 14.5 Å². The first-order valence-corrected chi connectivity index (χ1v) is 10.3. The molecule has 4 aromatic rings. The van der Waals surface area contributed by atoms with Crippen molar-refractivity contribution >= 4 is 27.7 Å². The van der Waals surface area contributed by atoms with E-state index in [2.05, 4.69) is 26.3 Å². The van der Waals surface area contributed by atoms with E-state index >= 15 is 0 Å². The fourth-order valence-corrected chi connectivity index (χ4v) is 3.29. The highest BCUT2D eigenvalue weighted by Gasteiger charge is 2.16. The number of ether oxygens (including phenoxy) is 1. The number of hydrogen-bond donors (Lipinski definition) is 1. The number of benzene rings is 2. The van der Waals surface area contributed by atoms with Crippen LogP contribution in [-0.4, -0.2) is 15.7 Å². The molecule has 2 aromatic carbocycles. The molecule has 0 unspecified atom stereocenters. The second-order valence-electron chi connectivity index (χ2n) is 6.97. The van der Waals surface area contributed by atoms with Crippen LogP contribution >= 0.6 is 15.9 Å². The maximum absolute atomic E-state index is 12.9. The first-order valence-electron chi connectivity index (χ1n) is 9.53. The summed E-state index contributed by atoms with van der Waals surface area (Å²) in [6.45, 7) is 2.74. The summed E-state index contributed by atoms with van der Waals surface area (Å²) in [6.07, 6.45) is 1.81. The SMILES string of the molecule is Cc1ccc(Cn2cc(Br)c(NC(=O)c3ccc(COc4ccc(F)cc4)o3)n2)cc1. The van der Waals surface area contributed by atoms with Gasteiger partial charge in [0.25, 0.3) is 5.91 Å². The fraction of sp³-hybridized carbons (Fsp3) is 0.130. The zero-order valence-corrected chi connectivity index (χ0v) is 18.2. The predicted octanol–water partition coefficient (Wildman–Crippen LogP) is 5.57. The van der Waals surface area contributed by atoms with Crippen LogP contribution in [0.3, 0.4) is 0 Å². The van der Waals surface area contributed by atoms with Crippen LogP contribution in [0.25, 0.3) is 0 Å². The molecule has 31 heavy (non-hydrogen) atoms. The average molecular weight is 484 g/mol. The lowest BCUT2D eigenvalue weighted by Gasteiger charge is -2.04. The van der Waals surface area contributed by atoms with Crippen molar-refractivity contribution in [2.24, 2.45) is 0 Å². The van der Waals surface area contributed by atoms with Crippen LogP contribution in [0.2, 0.25) is 0 Å². The van der Waals surface area contributed by atoms with Gasteiger partial charge in [-0.15, -0.1) is 0 Å². The van der Waals surface area contributed by atoms with Gasteiger partial charge in [-0.1, -0.05) is 29.8 Å². The molecule has 6 nitrogen and oxygen atoms in total. The number of amides is 1. The van der Waals surface area contributed by atoms with E-state index in [1.807, 2.05) is 31.2 Å². The Hall–Kier alpha value is -3.39. The molecule has 2 aromatic heterocycles. The lowest BCUT2D eigenvalue weighted by molar-refractivity contribution is 0.0992. The van der Waals surface area contributed by atoms with Crippen molar-refractivity contribution in [3.63, 3.8) is 0 Å². The van der Waals surface area contributed by atoms with Crippen LogP contribution in [0, 0.1) is 12.7 Å². The van der Waals surface area contributed by atoms with Crippen LogP contribution < -0.4 is 10.1 Å². The first-order chi connectivity index (χ1) is 15.0. The number of aromatic nitrogens is 2. The van der Waals surface area contributed by atoms with Crippen molar-refractivity contribution in [3.8, 4) is 5.75 Å². The van der Waals surface area contributed by atoms with Crippen LogP contribution in [0.5, 0.6) is 5.75 Å². The summed E-state index contributed by atoms with van der Waals surface area (Å²) in [5, 5.41) is 7.16. The zero-order chi connectivity index (χ0) is 21.8. The summed E-state index contributed by atoms with van der Waals surface area (Å²) < 4.78 is 26.4. The number of nitrogens with zero attached hydrogens (tertiary/aromatic N) is 2. The molecule has 0 aliphatic carbocycles. The van der Waals surface area contributed by atoms with E-state index in [1.165, 1.54) is 29.8 Å². The summed E-state index contributed by atoms with van der Waals surface area (Å²) in [4.78, 5) is 12.5. The molecule has 0 saturated heterocycles. The van der Waals surface area contributed by atoms with E-state index < -0.39 is 5.91 Å². The Morgan fingerprint density at radius 1 is 1.13 bits per heavy atom. The Bertz CT molecular complexity index is 1180. The number of nitrogens with one attached hydrogen (secondary N) is 1. The molecule has 0 aliphatic rings. The minimum Gasteiger partial charge on any atom is -0.486 e. The van der Waals surface area contributed by atoms with E-state index in [4.69, 9.17) is 9.15 Å². The van der Waals surface area contributed by atoms with Crippen LogP contribution in [-0.2, 0) is 13.2 Å². The molecular weight excluding hydrogens is 465 g/mol. The Balaban J connectivity index is 1.36. The molecule has 2 heterocycles. The molecule has 0 radical (unpaired) electrons. The number of carbonyl (C=O) groups is 1. The topological polar surface area (TPSA) is 69.3 Å². The van der Waals surface area contributed by atoms with Crippen LogP contribution in [0.1, 0.15) is 27.4 Å². The number of halogens is 2. The van der Waals surface area contributed by atoms with Gasteiger partial charge in [0.05, 0.1) is 11.0 Å². The quantitative estimate of drug-likeness (QED) is 0.373.